The van der Waals surface area contributed by atoms with Crippen LogP contribution in [0.25, 0.3) is 0 Å². The topological polar surface area (TPSA) is 66.5 Å². The predicted molar refractivity (Wildman–Crippen MR) is 118 cm³/mol. The summed E-state index contributed by atoms with van der Waals surface area (Å²) in [7, 11) is 0. The van der Waals surface area contributed by atoms with Gasteiger partial charge in [0.15, 0.2) is 0 Å². The number of anilines is 1. The number of carbonyl (C=O) groups excluding carboxylic acids is 3. The summed E-state index contributed by atoms with van der Waals surface area (Å²) >= 11 is 1.57. The lowest BCUT2D eigenvalue weighted by Crippen LogP contribution is -2.48. The van der Waals surface area contributed by atoms with E-state index in [1.54, 1.807) is 42.1 Å². The number of nitrogens with one attached hydrogen (secondary N) is 1. The standard InChI is InChI=1S/C24H20N2O3S/c1-30-18-11-7-10-17(15-18)25-22(27)21(14-16-8-3-2-4-9-16)26-23(28)19-12-5-6-13-20(19)24(26)29/h2-13,15,21H,14H2,1H3,(H,25,27). The van der Waals surface area contributed by atoms with Gasteiger partial charge in [-0.3, -0.25) is 19.3 Å². The summed E-state index contributed by atoms with van der Waals surface area (Å²) in [5.74, 6) is -1.28. The molecule has 0 bridgehead atoms. The Morgan fingerprint density at radius 3 is 2.17 bits per heavy atom. The second-order valence-corrected chi connectivity index (χ2v) is 7.83. The fourth-order valence-corrected chi connectivity index (χ4v) is 4.02. The molecular formula is C24H20N2O3S. The van der Waals surface area contributed by atoms with Gasteiger partial charge in [0.05, 0.1) is 11.1 Å². The van der Waals surface area contributed by atoms with E-state index in [4.69, 9.17) is 0 Å². The van der Waals surface area contributed by atoms with Crippen LogP contribution in [-0.4, -0.2) is 34.9 Å². The number of hydrogen-bond donors (Lipinski definition) is 1. The summed E-state index contributed by atoms with van der Waals surface area (Å²) < 4.78 is 0. The van der Waals surface area contributed by atoms with Crippen LogP contribution in [0.15, 0.2) is 83.8 Å². The van der Waals surface area contributed by atoms with Gasteiger partial charge in [-0.2, -0.15) is 0 Å². The van der Waals surface area contributed by atoms with Crippen LogP contribution in [0.3, 0.4) is 0 Å². The van der Waals surface area contributed by atoms with Gasteiger partial charge in [0, 0.05) is 17.0 Å². The summed E-state index contributed by atoms with van der Waals surface area (Å²) in [5.41, 5.74) is 2.16. The van der Waals surface area contributed by atoms with Gasteiger partial charge in [-0.25, -0.2) is 0 Å². The lowest BCUT2D eigenvalue weighted by atomic mass is 10.0. The van der Waals surface area contributed by atoms with Crippen LogP contribution < -0.4 is 5.32 Å². The zero-order chi connectivity index (χ0) is 21.1. The first-order valence-corrected chi connectivity index (χ1v) is 10.8. The quantitative estimate of drug-likeness (QED) is 0.482. The molecule has 0 saturated carbocycles. The van der Waals surface area contributed by atoms with E-state index in [1.165, 1.54) is 0 Å². The number of imide groups is 1. The third-order valence-corrected chi connectivity index (χ3v) is 5.77. The van der Waals surface area contributed by atoms with Gasteiger partial charge < -0.3 is 5.32 Å². The van der Waals surface area contributed by atoms with E-state index >= 15 is 0 Å². The average Bonchev–Trinajstić information content (AvgIpc) is 3.03. The summed E-state index contributed by atoms with van der Waals surface area (Å²) in [6.07, 6.45) is 2.19. The van der Waals surface area contributed by atoms with Crippen molar-refractivity contribution in [3.05, 3.63) is 95.6 Å². The summed E-state index contributed by atoms with van der Waals surface area (Å²) in [5, 5.41) is 2.88. The van der Waals surface area contributed by atoms with E-state index < -0.39 is 23.8 Å². The number of benzene rings is 3. The molecule has 4 rings (SSSR count). The molecule has 5 nitrogen and oxygen atoms in total. The van der Waals surface area contributed by atoms with Crippen molar-refractivity contribution >= 4 is 35.2 Å². The molecule has 3 aromatic carbocycles. The largest absolute Gasteiger partial charge is 0.324 e. The third kappa shape index (κ3) is 3.86. The lowest BCUT2D eigenvalue weighted by molar-refractivity contribution is -0.119. The summed E-state index contributed by atoms with van der Waals surface area (Å²) in [4.78, 5) is 41.4. The number of carbonyl (C=O) groups is 3. The Labute approximate surface area is 179 Å². The Hall–Kier alpha value is -3.38. The molecule has 30 heavy (non-hydrogen) atoms. The maximum Gasteiger partial charge on any atom is 0.262 e. The molecular weight excluding hydrogens is 396 g/mol. The van der Waals surface area contributed by atoms with Crippen LogP contribution >= 0.6 is 11.8 Å². The number of rotatable bonds is 6. The third-order valence-electron chi connectivity index (χ3n) is 5.05. The molecule has 1 heterocycles. The van der Waals surface area contributed by atoms with Crippen LogP contribution in [0.1, 0.15) is 26.3 Å². The molecule has 0 spiro atoms. The van der Waals surface area contributed by atoms with Crippen molar-refractivity contribution in [3.8, 4) is 0 Å². The SMILES string of the molecule is CSc1cccc(NC(=O)C(Cc2ccccc2)N2C(=O)c3ccccc3C2=O)c1. The molecule has 3 amide bonds. The van der Waals surface area contributed by atoms with E-state index in [0.717, 1.165) is 15.4 Å². The minimum Gasteiger partial charge on any atom is -0.324 e. The van der Waals surface area contributed by atoms with E-state index in [2.05, 4.69) is 5.32 Å². The van der Waals surface area contributed by atoms with Crippen molar-refractivity contribution in [1.82, 2.24) is 4.90 Å². The molecule has 0 radical (unpaired) electrons. The number of fused-ring (bicyclic) bond motifs is 1. The van der Waals surface area contributed by atoms with Crippen molar-refractivity contribution in [2.45, 2.75) is 17.4 Å². The Bertz CT molecular complexity index is 1080. The minimum absolute atomic E-state index is 0.236. The van der Waals surface area contributed by atoms with Gasteiger partial charge in [0.1, 0.15) is 6.04 Å². The van der Waals surface area contributed by atoms with Crippen molar-refractivity contribution in [1.29, 1.82) is 0 Å². The molecule has 1 aliphatic rings. The number of hydrogen-bond acceptors (Lipinski definition) is 4. The Kier molecular flexibility index (Phi) is 5.68. The summed E-state index contributed by atoms with van der Waals surface area (Å²) in [6.45, 7) is 0. The van der Waals surface area contributed by atoms with Crippen LogP contribution in [0.2, 0.25) is 0 Å². The highest BCUT2D eigenvalue weighted by Gasteiger charge is 2.42. The molecule has 1 N–H and O–H groups in total. The number of nitrogens with zero attached hydrogens (tertiary/aromatic N) is 1. The van der Waals surface area contributed by atoms with Crippen molar-refractivity contribution in [2.75, 3.05) is 11.6 Å². The van der Waals surface area contributed by atoms with Crippen LogP contribution in [-0.2, 0) is 11.2 Å². The Morgan fingerprint density at radius 2 is 1.53 bits per heavy atom. The lowest BCUT2D eigenvalue weighted by Gasteiger charge is -2.25. The normalized spacial score (nSPS) is 13.8. The highest BCUT2D eigenvalue weighted by Crippen LogP contribution is 2.27. The van der Waals surface area contributed by atoms with Gasteiger partial charge in [0.25, 0.3) is 11.8 Å². The van der Waals surface area contributed by atoms with Crippen LogP contribution in [0, 0.1) is 0 Å². The van der Waals surface area contributed by atoms with E-state index in [-0.39, 0.29) is 6.42 Å². The monoisotopic (exact) mass is 416 g/mol. The molecule has 3 aromatic rings. The second-order valence-electron chi connectivity index (χ2n) is 6.95. The first-order valence-electron chi connectivity index (χ1n) is 9.54. The fourth-order valence-electron chi connectivity index (χ4n) is 3.56. The molecule has 0 aromatic heterocycles. The van der Waals surface area contributed by atoms with Gasteiger partial charge in [-0.15, -0.1) is 11.8 Å². The van der Waals surface area contributed by atoms with Crippen molar-refractivity contribution in [3.63, 3.8) is 0 Å². The molecule has 0 saturated heterocycles. The zero-order valence-corrected chi connectivity index (χ0v) is 17.2. The van der Waals surface area contributed by atoms with Gasteiger partial charge in [-0.05, 0) is 42.2 Å². The van der Waals surface area contributed by atoms with E-state index in [0.29, 0.717) is 16.8 Å². The van der Waals surface area contributed by atoms with Crippen molar-refractivity contribution in [2.24, 2.45) is 0 Å². The van der Waals surface area contributed by atoms with Crippen LogP contribution in [0.5, 0.6) is 0 Å². The molecule has 1 aliphatic heterocycles. The van der Waals surface area contributed by atoms with Crippen molar-refractivity contribution < 1.29 is 14.4 Å². The second kappa shape index (κ2) is 8.55. The van der Waals surface area contributed by atoms with Gasteiger partial charge in [0.2, 0.25) is 5.91 Å². The maximum atomic E-state index is 13.3. The highest BCUT2D eigenvalue weighted by atomic mass is 32.2. The van der Waals surface area contributed by atoms with Gasteiger partial charge >= 0.3 is 0 Å². The van der Waals surface area contributed by atoms with E-state index in [1.807, 2.05) is 54.8 Å². The fraction of sp³-hybridized carbons (Fsp3) is 0.125. The number of amides is 3. The molecule has 1 atom stereocenters. The smallest absolute Gasteiger partial charge is 0.262 e. The zero-order valence-electron chi connectivity index (χ0n) is 16.4. The minimum atomic E-state index is -0.960. The Morgan fingerprint density at radius 1 is 0.900 bits per heavy atom. The highest BCUT2D eigenvalue weighted by molar-refractivity contribution is 7.98. The van der Waals surface area contributed by atoms with Crippen LogP contribution in [0.4, 0.5) is 5.69 Å². The predicted octanol–water partition coefficient (Wildman–Crippen LogP) is 4.25. The molecule has 150 valence electrons. The molecule has 6 heteroatoms. The maximum absolute atomic E-state index is 13.3. The molecule has 0 fully saturated rings. The molecule has 1 unspecified atom stereocenters. The molecule has 0 aliphatic carbocycles. The summed E-state index contributed by atoms with van der Waals surface area (Å²) in [6, 6.07) is 22.6. The van der Waals surface area contributed by atoms with Gasteiger partial charge in [-0.1, -0.05) is 48.5 Å². The van der Waals surface area contributed by atoms with E-state index in [9.17, 15) is 14.4 Å². The average molecular weight is 417 g/mol. The first-order chi connectivity index (χ1) is 14.6. The number of thioether (sulfide) groups is 1. The Balaban J connectivity index is 1.67. The first kappa shape index (κ1) is 19.9.